The molecule has 1 aromatic heterocycles. The number of hydrogen-bond donors (Lipinski definition) is 1. The molecule has 0 aliphatic heterocycles. The minimum absolute atomic E-state index is 0.234. The summed E-state index contributed by atoms with van der Waals surface area (Å²) in [5.74, 6) is 1.71. The monoisotopic (exact) mass is 590 g/mol. The van der Waals surface area contributed by atoms with Crippen LogP contribution in [0.25, 0.3) is 5.69 Å². The zero-order valence-electron chi connectivity index (χ0n) is 18.8. The molecule has 4 aromatic rings. The Labute approximate surface area is 226 Å². The van der Waals surface area contributed by atoms with E-state index in [0.717, 1.165) is 11.3 Å². The molecular weight excluding hydrogens is 571 g/mol. The third-order valence-electron chi connectivity index (χ3n) is 5.16. The summed E-state index contributed by atoms with van der Waals surface area (Å²) in [5, 5.41) is 13.5. The van der Waals surface area contributed by atoms with E-state index in [-0.39, 0.29) is 5.91 Å². The fourth-order valence-corrected chi connectivity index (χ4v) is 5.16. The van der Waals surface area contributed by atoms with Gasteiger partial charge in [0.25, 0.3) is 5.91 Å². The molecule has 6 nitrogen and oxygen atoms in total. The maximum absolute atomic E-state index is 12.9. The van der Waals surface area contributed by atoms with E-state index in [1.165, 1.54) is 11.8 Å². The largest absolute Gasteiger partial charge is 0.497 e. The number of carbonyl (C=O) groups is 1. The summed E-state index contributed by atoms with van der Waals surface area (Å²) in [4.78, 5) is 12.9. The number of nitrogens with one attached hydrogen (secondary N) is 1. The molecule has 0 aliphatic carbocycles. The number of nitrogens with zero attached hydrogens (tertiary/aromatic N) is 3. The van der Waals surface area contributed by atoms with Gasteiger partial charge in [0.2, 0.25) is 0 Å². The van der Waals surface area contributed by atoms with Crippen LogP contribution in [0.3, 0.4) is 0 Å². The highest BCUT2D eigenvalue weighted by atomic mass is 79.9. The molecule has 0 saturated heterocycles. The van der Waals surface area contributed by atoms with Crippen molar-refractivity contribution in [1.82, 2.24) is 20.1 Å². The molecule has 0 fully saturated rings. The van der Waals surface area contributed by atoms with Crippen LogP contribution in [0.2, 0.25) is 10.0 Å². The number of ether oxygens (including phenoxy) is 1. The fourth-order valence-electron chi connectivity index (χ4n) is 3.43. The van der Waals surface area contributed by atoms with Crippen molar-refractivity contribution in [2.24, 2.45) is 0 Å². The van der Waals surface area contributed by atoms with Gasteiger partial charge in [-0.2, -0.15) is 0 Å². The van der Waals surface area contributed by atoms with Crippen molar-refractivity contribution in [2.45, 2.75) is 23.9 Å². The molecule has 1 atom stereocenters. The van der Waals surface area contributed by atoms with Gasteiger partial charge in [0.1, 0.15) is 5.75 Å². The van der Waals surface area contributed by atoms with Crippen LogP contribution >= 0.6 is 50.9 Å². The van der Waals surface area contributed by atoms with Gasteiger partial charge in [-0.05, 0) is 70.9 Å². The molecule has 0 spiro atoms. The summed E-state index contributed by atoms with van der Waals surface area (Å²) >= 11 is 17.8. The van der Waals surface area contributed by atoms with E-state index in [1.807, 2.05) is 54.0 Å². The van der Waals surface area contributed by atoms with Gasteiger partial charge in [0, 0.05) is 15.2 Å². The minimum Gasteiger partial charge on any atom is -0.497 e. The predicted octanol–water partition coefficient (Wildman–Crippen LogP) is 7.13. The van der Waals surface area contributed by atoms with Crippen LogP contribution in [-0.2, 0) is 5.75 Å². The standard InChI is InChI=1S/C25H21BrCl2N4O2S/c1-15(29-24(33)19-8-3-4-9-20(19)26)23-30-31-25(32(23)22-13-17(27)10-11-21(22)28)35-14-16-6-5-7-18(12-16)34-2/h3-13,15H,14H2,1-2H3,(H,29,33). The van der Waals surface area contributed by atoms with Crippen LogP contribution in [0.1, 0.15) is 34.7 Å². The molecule has 10 heteroatoms. The molecule has 35 heavy (non-hydrogen) atoms. The number of carbonyl (C=O) groups excluding carboxylic acids is 1. The average Bonchev–Trinajstić information content (AvgIpc) is 3.28. The Morgan fingerprint density at radius 1 is 1.11 bits per heavy atom. The Bertz CT molecular complexity index is 1370. The first-order chi connectivity index (χ1) is 16.9. The van der Waals surface area contributed by atoms with Crippen LogP contribution in [0, 0.1) is 0 Å². The van der Waals surface area contributed by atoms with Gasteiger partial charge < -0.3 is 10.1 Å². The van der Waals surface area contributed by atoms with E-state index in [0.29, 0.717) is 42.5 Å². The van der Waals surface area contributed by atoms with Crippen molar-refractivity contribution in [1.29, 1.82) is 0 Å². The molecule has 180 valence electrons. The molecule has 1 heterocycles. The number of amides is 1. The Hall–Kier alpha value is -2.52. The van der Waals surface area contributed by atoms with Crippen LogP contribution in [-0.4, -0.2) is 27.8 Å². The lowest BCUT2D eigenvalue weighted by Gasteiger charge is -2.18. The molecule has 0 bridgehead atoms. The third kappa shape index (κ3) is 6.01. The van der Waals surface area contributed by atoms with E-state index in [4.69, 9.17) is 27.9 Å². The van der Waals surface area contributed by atoms with Crippen LogP contribution in [0.4, 0.5) is 0 Å². The Morgan fingerprint density at radius 2 is 1.91 bits per heavy atom. The second-order valence-corrected chi connectivity index (χ2v) is 10.2. The summed E-state index contributed by atoms with van der Waals surface area (Å²) < 4.78 is 7.87. The molecule has 1 N–H and O–H groups in total. The van der Waals surface area contributed by atoms with Crippen molar-refractivity contribution >= 4 is 56.8 Å². The van der Waals surface area contributed by atoms with Gasteiger partial charge in [0.15, 0.2) is 11.0 Å². The second-order valence-electron chi connectivity index (χ2n) is 7.59. The smallest absolute Gasteiger partial charge is 0.253 e. The Kier molecular flexibility index (Phi) is 8.38. The predicted molar refractivity (Wildman–Crippen MR) is 144 cm³/mol. The quantitative estimate of drug-likeness (QED) is 0.221. The number of halogens is 3. The van der Waals surface area contributed by atoms with Crippen molar-refractivity contribution in [3.05, 3.63) is 98.2 Å². The zero-order valence-corrected chi connectivity index (χ0v) is 22.7. The molecule has 0 saturated carbocycles. The third-order valence-corrected chi connectivity index (χ3v) is 7.41. The van der Waals surface area contributed by atoms with Crippen LogP contribution < -0.4 is 10.1 Å². The van der Waals surface area contributed by atoms with E-state index in [1.54, 1.807) is 31.4 Å². The Morgan fingerprint density at radius 3 is 2.69 bits per heavy atom. The SMILES string of the molecule is COc1cccc(CSc2nnc(C(C)NC(=O)c3ccccc3Br)n2-c2cc(Cl)ccc2Cl)c1. The molecule has 1 amide bonds. The van der Waals surface area contributed by atoms with Crippen molar-refractivity contribution in [3.8, 4) is 11.4 Å². The summed E-state index contributed by atoms with van der Waals surface area (Å²) in [6, 6.07) is 19.8. The van der Waals surface area contributed by atoms with E-state index in [2.05, 4.69) is 31.4 Å². The molecule has 0 radical (unpaired) electrons. The minimum atomic E-state index is -0.469. The lowest BCUT2D eigenvalue weighted by atomic mass is 10.2. The number of benzene rings is 3. The van der Waals surface area contributed by atoms with Crippen molar-refractivity contribution < 1.29 is 9.53 Å². The molecule has 3 aromatic carbocycles. The van der Waals surface area contributed by atoms with Gasteiger partial charge in [-0.15, -0.1) is 10.2 Å². The number of aromatic nitrogens is 3. The number of rotatable bonds is 8. The maximum Gasteiger partial charge on any atom is 0.253 e. The summed E-state index contributed by atoms with van der Waals surface area (Å²) in [6.07, 6.45) is 0. The van der Waals surface area contributed by atoms with Gasteiger partial charge in [-0.25, -0.2) is 0 Å². The summed E-state index contributed by atoms with van der Waals surface area (Å²) in [6.45, 7) is 1.85. The fraction of sp³-hybridized carbons (Fsp3) is 0.160. The van der Waals surface area contributed by atoms with Crippen LogP contribution in [0.5, 0.6) is 5.75 Å². The van der Waals surface area contributed by atoms with Gasteiger partial charge >= 0.3 is 0 Å². The summed E-state index contributed by atoms with van der Waals surface area (Å²) in [5.41, 5.74) is 2.23. The first-order valence-electron chi connectivity index (χ1n) is 10.6. The number of methoxy groups -OCH3 is 1. The average molecular weight is 592 g/mol. The normalized spacial score (nSPS) is 11.8. The zero-order chi connectivity index (χ0) is 24.9. The highest BCUT2D eigenvalue weighted by molar-refractivity contribution is 9.10. The maximum atomic E-state index is 12.9. The first kappa shape index (κ1) is 25.6. The first-order valence-corrected chi connectivity index (χ1v) is 13.1. The van der Waals surface area contributed by atoms with Crippen LogP contribution in [0.15, 0.2) is 76.4 Å². The van der Waals surface area contributed by atoms with Crippen molar-refractivity contribution in [2.75, 3.05) is 7.11 Å². The highest BCUT2D eigenvalue weighted by Crippen LogP contribution is 2.33. The van der Waals surface area contributed by atoms with Crippen molar-refractivity contribution in [3.63, 3.8) is 0 Å². The number of hydrogen-bond acceptors (Lipinski definition) is 5. The van der Waals surface area contributed by atoms with Gasteiger partial charge in [-0.3, -0.25) is 9.36 Å². The topological polar surface area (TPSA) is 69.0 Å². The summed E-state index contributed by atoms with van der Waals surface area (Å²) in [7, 11) is 1.64. The van der Waals surface area contributed by atoms with Gasteiger partial charge in [0.05, 0.1) is 29.4 Å². The molecular formula is C25H21BrCl2N4O2S. The second kappa shape index (κ2) is 11.5. The van der Waals surface area contributed by atoms with Gasteiger partial charge in [-0.1, -0.05) is 59.2 Å². The van der Waals surface area contributed by atoms with E-state index < -0.39 is 6.04 Å². The van der Waals surface area contributed by atoms with E-state index >= 15 is 0 Å². The number of thioether (sulfide) groups is 1. The molecule has 1 unspecified atom stereocenters. The highest BCUT2D eigenvalue weighted by Gasteiger charge is 2.23. The molecule has 0 aliphatic rings. The van der Waals surface area contributed by atoms with E-state index in [9.17, 15) is 4.79 Å². The lowest BCUT2D eigenvalue weighted by Crippen LogP contribution is -2.29. The molecule has 4 rings (SSSR count). The Balaban J connectivity index is 1.67. The lowest BCUT2D eigenvalue weighted by molar-refractivity contribution is 0.0937.